The summed E-state index contributed by atoms with van der Waals surface area (Å²) < 4.78 is 6.07. The Hall–Kier alpha value is -0.970. The summed E-state index contributed by atoms with van der Waals surface area (Å²) in [4.78, 5) is 2.28. The van der Waals surface area contributed by atoms with E-state index in [-0.39, 0.29) is 0 Å². The van der Waals surface area contributed by atoms with Gasteiger partial charge >= 0.3 is 0 Å². The normalized spacial score (nSPS) is 12.2. The van der Waals surface area contributed by atoms with Crippen molar-refractivity contribution in [3.8, 4) is 5.75 Å². The Morgan fingerprint density at radius 2 is 1.74 bits per heavy atom. The lowest BCUT2D eigenvalue weighted by atomic mass is 10.1. The van der Waals surface area contributed by atoms with E-state index < -0.39 is 6.10 Å². The summed E-state index contributed by atoms with van der Waals surface area (Å²) in [5.74, 6) is 0.856. The monoisotopic (exact) mass is 338 g/mol. The Morgan fingerprint density at radius 3 is 2.26 bits per heavy atom. The fourth-order valence-electron chi connectivity index (χ4n) is 1.69. The highest BCUT2D eigenvalue weighted by atomic mass is 79.9. The molecule has 1 atom stereocenters. The maximum absolute atomic E-state index is 9.59. The van der Waals surface area contributed by atoms with Crippen LogP contribution >= 0.6 is 27.7 Å². The van der Waals surface area contributed by atoms with Gasteiger partial charge in [0, 0.05) is 14.3 Å². The number of halogens is 1. The van der Waals surface area contributed by atoms with E-state index in [1.165, 1.54) is 0 Å². The number of benzene rings is 2. The van der Waals surface area contributed by atoms with Crippen LogP contribution in [-0.2, 0) is 0 Å². The van der Waals surface area contributed by atoms with E-state index in [0.717, 1.165) is 25.6 Å². The Labute approximate surface area is 125 Å². The molecule has 100 valence electrons. The first-order chi connectivity index (χ1) is 9.10. The Bertz CT molecular complexity index is 553. The molecule has 0 aliphatic carbocycles. The summed E-state index contributed by atoms with van der Waals surface area (Å²) in [5, 5.41) is 9.59. The van der Waals surface area contributed by atoms with Crippen LogP contribution < -0.4 is 4.74 Å². The van der Waals surface area contributed by atoms with Crippen LogP contribution in [-0.4, -0.2) is 12.2 Å². The fraction of sp³-hybridized carbons (Fsp3) is 0.200. The molecular formula is C15H15BrO2S. The van der Waals surface area contributed by atoms with Crippen LogP contribution in [0.3, 0.4) is 0 Å². The third-order valence-electron chi connectivity index (χ3n) is 2.72. The molecule has 0 amide bonds. The molecule has 2 aromatic rings. The van der Waals surface area contributed by atoms with Gasteiger partial charge in [0.2, 0.25) is 0 Å². The van der Waals surface area contributed by atoms with E-state index in [0.29, 0.717) is 0 Å². The second kappa shape index (κ2) is 6.46. The van der Waals surface area contributed by atoms with E-state index in [4.69, 9.17) is 4.74 Å². The minimum Gasteiger partial charge on any atom is -0.497 e. The molecule has 2 nitrogen and oxygen atoms in total. The molecule has 0 saturated carbocycles. The number of ether oxygens (including phenoxy) is 1. The van der Waals surface area contributed by atoms with Crippen molar-refractivity contribution in [1.29, 1.82) is 0 Å². The third kappa shape index (κ3) is 3.75. The summed E-state index contributed by atoms with van der Waals surface area (Å²) in [6.45, 7) is 1.76. The van der Waals surface area contributed by atoms with Gasteiger partial charge in [-0.15, -0.1) is 0 Å². The predicted octanol–water partition coefficient (Wildman–Crippen LogP) is 4.66. The van der Waals surface area contributed by atoms with Gasteiger partial charge in [-0.2, -0.15) is 0 Å². The smallest absolute Gasteiger partial charge is 0.118 e. The van der Waals surface area contributed by atoms with Crippen molar-refractivity contribution < 1.29 is 9.84 Å². The highest BCUT2D eigenvalue weighted by Crippen LogP contribution is 2.33. The van der Waals surface area contributed by atoms with Crippen LogP contribution in [0.4, 0.5) is 0 Å². The number of hydrogen-bond acceptors (Lipinski definition) is 3. The quantitative estimate of drug-likeness (QED) is 0.878. The van der Waals surface area contributed by atoms with Gasteiger partial charge in [0.15, 0.2) is 0 Å². The van der Waals surface area contributed by atoms with Crippen LogP contribution in [0.25, 0.3) is 0 Å². The van der Waals surface area contributed by atoms with E-state index in [1.54, 1.807) is 25.8 Å². The Morgan fingerprint density at radius 1 is 1.11 bits per heavy atom. The fourth-order valence-corrected chi connectivity index (χ4v) is 3.41. The zero-order chi connectivity index (χ0) is 13.8. The molecule has 4 heteroatoms. The van der Waals surface area contributed by atoms with Gasteiger partial charge in [-0.3, -0.25) is 0 Å². The van der Waals surface area contributed by atoms with E-state index in [1.807, 2.05) is 42.5 Å². The van der Waals surface area contributed by atoms with E-state index in [2.05, 4.69) is 15.9 Å². The van der Waals surface area contributed by atoms with Crippen molar-refractivity contribution in [1.82, 2.24) is 0 Å². The third-order valence-corrected chi connectivity index (χ3v) is 4.40. The van der Waals surface area contributed by atoms with E-state index in [9.17, 15) is 5.11 Å². The summed E-state index contributed by atoms with van der Waals surface area (Å²) in [6.07, 6.45) is -0.464. The zero-order valence-electron chi connectivity index (χ0n) is 10.8. The Balaban J connectivity index is 2.16. The molecule has 2 rings (SSSR count). The van der Waals surface area contributed by atoms with Crippen LogP contribution in [0.5, 0.6) is 5.75 Å². The second-order valence-corrected chi connectivity index (χ2v) is 6.14. The maximum atomic E-state index is 9.59. The van der Waals surface area contributed by atoms with Gasteiger partial charge in [-0.05, 0) is 48.9 Å². The molecule has 0 bridgehead atoms. The number of rotatable bonds is 4. The molecule has 0 fully saturated rings. The van der Waals surface area contributed by atoms with Gasteiger partial charge in [-0.1, -0.05) is 33.8 Å². The molecule has 1 N–H and O–H groups in total. The number of aliphatic hydroxyl groups excluding tert-OH is 1. The number of methoxy groups -OCH3 is 1. The molecule has 0 radical (unpaired) electrons. The predicted molar refractivity (Wildman–Crippen MR) is 81.9 cm³/mol. The molecule has 0 unspecified atom stereocenters. The lowest BCUT2D eigenvalue weighted by molar-refractivity contribution is 0.198. The molecule has 0 aromatic heterocycles. The molecule has 0 saturated heterocycles. The topological polar surface area (TPSA) is 29.5 Å². The van der Waals surface area contributed by atoms with Crippen LogP contribution in [0.2, 0.25) is 0 Å². The standard InChI is InChI=1S/C15H15BrO2S/c1-10(17)14-8-7-13(9-15(14)16)19-12-5-3-11(18-2)4-6-12/h3-10,17H,1-2H3/t10-/m1/s1. The van der Waals surface area contributed by atoms with Crippen LogP contribution in [0, 0.1) is 0 Å². The largest absolute Gasteiger partial charge is 0.497 e. The first-order valence-corrected chi connectivity index (χ1v) is 7.50. The highest BCUT2D eigenvalue weighted by molar-refractivity contribution is 9.10. The van der Waals surface area contributed by atoms with Gasteiger partial charge in [-0.25, -0.2) is 0 Å². The van der Waals surface area contributed by atoms with Crippen molar-refractivity contribution in [3.63, 3.8) is 0 Å². The molecular weight excluding hydrogens is 324 g/mol. The minimum absolute atomic E-state index is 0.464. The van der Waals surface area contributed by atoms with Gasteiger partial charge in [0.05, 0.1) is 13.2 Å². The summed E-state index contributed by atoms with van der Waals surface area (Å²) in [7, 11) is 1.66. The van der Waals surface area contributed by atoms with Gasteiger partial charge < -0.3 is 9.84 Å². The Kier molecular flexibility index (Phi) is 4.91. The van der Waals surface area contributed by atoms with Crippen molar-refractivity contribution >= 4 is 27.7 Å². The lowest BCUT2D eigenvalue weighted by Crippen LogP contribution is -1.92. The summed E-state index contributed by atoms with van der Waals surface area (Å²) >= 11 is 5.16. The average molecular weight is 339 g/mol. The molecule has 0 aliphatic heterocycles. The zero-order valence-corrected chi connectivity index (χ0v) is 13.2. The minimum atomic E-state index is -0.464. The number of hydrogen-bond donors (Lipinski definition) is 1. The molecule has 19 heavy (non-hydrogen) atoms. The van der Waals surface area contributed by atoms with E-state index >= 15 is 0 Å². The molecule has 2 aromatic carbocycles. The van der Waals surface area contributed by atoms with Crippen molar-refractivity contribution in [2.45, 2.75) is 22.8 Å². The van der Waals surface area contributed by atoms with Crippen molar-refractivity contribution in [3.05, 3.63) is 52.5 Å². The second-order valence-electron chi connectivity index (χ2n) is 4.14. The summed E-state index contributed by atoms with van der Waals surface area (Å²) in [5.41, 5.74) is 0.902. The average Bonchev–Trinajstić information content (AvgIpc) is 2.39. The van der Waals surface area contributed by atoms with Crippen molar-refractivity contribution in [2.75, 3.05) is 7.11 Å². The molecule has 0 spiro atoms. The maximum Gasteiger partial charge on any atom is 0.118 e. The molecule has 0 heterocycles. The summed E-state index contributed by atoms with van der Waals surface area (Å²) in [6, 6.07) is 13.9. The first-order valence-electron chi connectivity index (χ1n) is 5.89. The van der Waals surface area contributed by atoms with Crippen molar-refractivity contribution in [2.24, 2.45) is 0 Å². The molecule has 0 aliphatic rings. The lowest BCUT2D eigenvalue weighted by Gasteiger charge is -2.09. The first kappa shape index (κ1) is 14.4. The van der Waals surface area contributed by atoms with Gasteiger partial charge in [0.25, 0.3) is 0 Å². The number of aliphatic hydroxyl groups is 1. The van der Waals surface area contributed by atoms with Crippen LogP contribution in [0.1, 0.15) is 18.6 Å². The van der Waals surface area contributed by atoms with Crippen LogP contribution in [0.15, 0.2) is 56.7 Å². The van der Waals surface area contributed by atoms with Gasteiger partial charge in [0.1, 0.15) is 5.75 Å². The highest BCUT2D eigenvalue weighted by Gasteiger charge is 2.07. The SMILES string of the molecule is COc1ccc(Sc2ccc([C@@H](C)O)c(Br)c2)cc1.